The zero-order chi connectivity index (χ0) is 21.9. The van der Waals surface area contributed by atoms with Crippen molar-refractivity contribution in [1.82, 2.24) is 14.9 Å². The smallest absolute Gasteiger partial charge is 0.275 e. The van der Waals surface area contributed by atoms with Gasteiger partial charge in [-0.15, -0.1) is 0 Å². The first-order valence-electron chi connectivity index (χ1n) is 9.65. The third kappa shape index (κ3) is 4.96. The standard InChI is InChI=1S/C20H23ClN4O4S/c1-3-15-6-4-5-11-25(15)19(27)13-7-9-14(10-8-13)23-18(26)17-16(21)12-22-20(24-17)30(2,28)29/h7-10,12,15H,3-6,11H2,1-2H3,(H,23,26). The van der Waals surface area contributed by atoms with Crippen LogP contribution in [-0.2, 0) is 9.84 Å². The number of amides is 2. The second-order valence-corrected chi connectivity index (χ2v) is 9.53. The molecule has 0 bridgehead atoms. The summed E-state index contributed by atoms with van der Waals surface area (Å²) in [6.07, 6.45) is 6.11. The van der Waals surface area contributed by atoms with Gasteiger partial charge in [0.1, 0.15) is 0 Å². The predicted molar refractivity (Wildman–Crippen MR) is 114 cm³/mol. The second-order valence-electron chi connectivity index (χ2n) is 7.21. The Hall–Kier alpha value is -2.52. The maximum absolute atomic E-state index is 12.8. The molecule has 1 N–H and O–H groups in total. The first kappa shape index (κ1) is 22.2. The Bertz CT molecular complexity index is 1060. The van der Waals surface area contributed by atoms with Crippen molar-refractivity contribution in [3.05, 3.63) is 46.7 Å². The van der Waals surface area contributed by atoms with Crippen molar-refractivity contribution in [3.63, 3.8) is 0 Å². The van der Waals surface area contributed by atoms with Gasteiger partial charge in [-0.05, 0) is 49.9 Å². The van der Waals surface area contributed by atoms with Crippen LogP contribution in [0.5, 0.6) is 0 Å². The van der Waals surface area contributed by atoms with E-state index in [2.05, 4.69) is 22.2 Å². The van der Waals surface area contributed by atoms with Crippen LogP contribution in [-0.4, -0.2) is 53.9 Å². The molecule has 1 aliphatic heterocycles. The Morgan fingerprint density at radius 3 is 2.57 bits per heavy atom. The van der Waals surface area contributed by atoms with Gasteiger partial charge in [0.05, 0.1) is 11.2 Å². The number of aromatic nitrogens is 2. The molecule has 1 aromatic carbocycles. The lowest BCUT2D eigenvalue weighted by Crippen LogP contribution is -2.43. The van der Waals surface area contributed by atoms with Gasteiger partial charge in [0.2, 0.25) is 15.0 Å². The van der Waals surface area contributed by atoms with Crippen molar-refractivity contribution in [2.45, 2.75) is 43.8 Å². The summed E-state index contributed by atoms with van der Waals surface area (Å²) in [5.41, 5.74) is 0.733. The van der Waals surface area contributed by atoms with Crippen molar-refractivity contribution in [1.29, 1.82) is 0 Å². The SMILES string of the molecule is CCC1CCCCN1C(=O)c1ccc(NC(=O)c2nc(S(C)(=O)=O)ncc2Cl)cc1. The maximum Gasteiger partial charge on any atom is 0.275 e. The summed E-state index contributed by atoms with van der Waals surface area (Å²) in [4.78, 5) is 34.7. The number of sulfone groups is 1. The molecular weight excluding hydrogens is 428 g/mol. The minimum atomic E-state index is -3.68. The van der Waals surface area contributed by atoms with Gasteiger partial charge < -0.3 is 10.2 Å². The number of benzene rings is 1. The zero-order valence-corrected chi connectivity index (χ0v) is 18.3. The van der Waals surface area contributed by atoms with Gasteiger partial charge in [-0.25, -0.2) is 18.4 Å². The number of hydrogen-bond donors (Lipinski definition) is 1. The van der Waals surface area contributed by atoms with E-state index in [-0.39, 0.29) is 22.7 Å². The van der Waals surface area contributed by atoms with E-state index in [1.165, 1.54) is 0 Å². The normalized spacial score (nSPS) is 16.9. The van der Waals surface area contributed by atoms with Crippen LogP contribution >= 0.6 is 11.6 Å². The van der Waals surface area contributed by atoms with Crippen LogP contribution < -0.4 is 5.32 Å². The molecule has 1 saturated heterocycles. The zero-order valence-electron chi connectivity index (χ0n) is 16.8. The number of halogens is 1. The average molecular weight is 451 g/mol. The molecule has 1 fully saturated rings. The molecule has 0 spiro atoms. The number of nitrogens with zero attached hydrogens (tertiary/aromatic N) is 3. The van der Waals surface area contributed by atoms with E-state index in [4.69, 9.17) is 11.6 Å². The van der Waals surface area contributed by atoms with Gasteiger partial charge in [0.15, 0.2) is 5.69 Å². The number of hydrogen-bond acceptors (Lipinski definition) is 6. The Balaban J connectivity index is 1.74. The number of rotatable bonds is 5. The van der Waals surface area contributed by atoms with E-state index in [9.17, 15) is 18.0 Å². The topological polar surface area (TPSA) is 109 Å². The fourth-order valence-corrected chi connectivity index (χ4v) is 4.11. The summed E-state index contributed by atoms with van der Waals surface area (Å²) < 4.78 is 23.2. The molecule has 0 saturated carbocycles. The van der Waals surface area contributed by atoms with Crippen molar-refractivity contribution >= 4 is 38.9 Å². The lowest BCUT2D eigenvalue weighted by Gasteiger charge is -2.35. The van der Waals surface area contributed by atoms with Crippen LogP contribution in [0.25, 0.3) is 0 Å². The summed E-state index contributed by atoms with van der Waals surface area (Å²) >= 11 is 5.96. The third-order valence-corrected chi connectivity index (χ3v) is 6.15. The van der Waals surface area contributed by atoms with Gasteiger partial charge in [-0.1, -0.05) is 18.5 Å². The third-order valence-electron chi connectivity index (χ3n) is 5.02. The monoisotopic (exact) mass is 450 g/mol. The van der Waals surface area contributed by atoms with Gasteiger partial charge in [-0.2, -0.15) is 0 Å². The highest BCUT2D eigenvalue weighted by Crippen LogP contribution is 2.23. The fourth-order valence-electron chi connectivity index (χ4n) is 3.43. The molecule has 1 aromatic heterocycles. The van der Waals surface area contributed by atoms with Crippen LogP contribution in [0.4, 0.5) is 5.69 Å². The van der Waals surface area contributed by atoms with Crippen molar-refractivity contribution < 1.29 is 18.0 Å². The Labute approximate surface area is 180 Å². The van der Waals surface area contributed by atoms with Gasteiger partial charge in [-0.3, -0.25) is 9.59 Å². The molecule has 2 amide bonds. The number of anilines is 1. The number of nitrogens with one attached hydrogen (secondary N) is 1. The molecule has 160 valence electrons. The Morgan fingerprint density at radius 1 is 1.23 bits per heavy atom. The minimum absolute atomic E-state index is 0.0175. The molecule has 1 aliphatic rings. The van der Waals surface area contributed by atoms with Crippen molar-refractivity contribution in [3.8, 4) is 0 Å². The minimum Gasteiger partial charge on any atom is -0.336 e. The van der Waals surface area contributed by atoms with E-state index in [0.717, 1.165) is 44.7 Å². The molecular formula is C20H23ClN4O4S. The van der Waals surface area contributed by atoms with E-state index in [1.807, 2.05) is 4.90 Å². The quantitative estimate of drug-likeness (QED) is 0.700. The van der Waals surface area contributed by atoms with E-state index < -0.39 is 20.9 Å². The largest absolute Gasteiger partial charge is 0.336 e. The number of carbonyl (C=O) groups excluding carboxylic acids is 2. The molecule has 10 heteroatoms. The molecule has 1 unspecified atom stereocenters. The summed E-state index contributed by atoms with van der Waals surface area (Å²) in [5, 5.41) is 2.06. The summed E-state index contributed by atoms with van der Waals surface area (Å²) in [6, 6.07) is 6.80. The van der Waals surface area contributed by atoms with Gasteiger partial charge in [0.25, 0.3) is 11.8 Å². The summed E-state index contributed by atoms with van der Waals surface area (Å²) in [5.74, 6) is -0.690. The predicted octanol–water partition coefficient (Wildman–Crippen LogP) is 3.19. The molecule has 2 heterocycles. The molecule has 0 aliphatic carbocycles. The molecule has 3 rings (SSSR count). The highest BCUT2D eigenvalue weighted by atomic mass is 35.5. The van der Waals surface area contributed by atoms with Crippen LogP contribution in [0.3, 0.4) is 0 Å². The molecule has 0 radical (unpaired) electrons. The molecule has 1 atom stereocenters. The van der Waals surface area contributed by atoms with Gasteiger partial charge >= 0.3 is 0 Å². The van der Waals surface area contributed by atoms with Crippen LogP contribution in [0, 0.1) is 0 Å². The Kier molecular flexibility index (Phi) is 6.72. The van der Waals surface area contributed by atoms with Crippen LogP contribution in [0.15, 0.2) is 35.6 Å². The highest BCUT2D eigenvalue weighted by molar-refractivity contribution is 7.90. The number of likely N-dealkylation sites (tertiary alicyclic amines) is 1. The first-order valence-corrected chi connectivity index (χ1v) is 11.9. The molecule has 8 nitrogen and oxygen atoms in total. The van der Waals surface area contributed by atoms with Crippen molar-refractivity contribution in [2.75, 3.05) is 18.1 Å². The van der Waals surface area contributed by atoms with Crippen molar-refractivity contribution in [2.24, 2.45) is 0 Å². The molecule has 2 aromatic rings. The lowest BCUT2D eigenvalue weighted by molar-refractivity contribution is 0.0608. The second kappa shape index (κ2) is 9.09. The van der Waals surface area contributed by atoms with E-state index in [1.54, 1.807) is 24.3 Å². The Morgan fingerprint density at radius 2 is 1.93 bits per heavy atom. The van der Waals surface area contributed by atoms with Gasteiger partial charge in [0, 0.05) is 30.1 Å². The van der Waals surface area contributed by atoms with E-state index >= 15 is 0 Å². The number of carbonyl (C=O) groups is 2. The highest BCUT2D eigenvalue weighted by Gasteiger charge is 2.26. The first-order chi connectivity index (χ1) is 14.2. The maximum atomic E-state index is 12.8. The van der Waals surface area contributed by atoms with E-state index in [0.29, 0.717) is 11.3 Å². The van der Waals surface area contributed by atoms with Crippen LogP contribution in [0.1, 0.15) is 53.5 Å². The summed E-state index contributed by atoms with van der Waals surface area (Å²) in [6.45, 7) is 2.84. The molecule has 30 heavy (non-hydrogen) atoms. The number of piperidine rings is 1. The average Bonchev–Trinajstić information content (AvgIpc) is 2.73. The lowest BCUT2D eigenvalue weighted by atomic mass is 9.99. The summed E-state index contributed by atoms with van der Waals surface area (Å²) in [7, 11) is -3.68. The van der Waals surface area contributed by atoms with Crippen LogP contribution in [0.2, 0.25) is 5.02 Å². The fraction of sp³-hybridized carbons (Fsp3) is 0.400.